The standard InChI is InChI=1S/C15H31NO5/c1-2-3-4-5-6-7-11-21-12-10-16(13-17,14-18)9-8-15(19)20/h17-18H,2-14H2,1H3. The highest BCUT2D eigenvalue weighted by Crippen LogP contribution is 2.07. The van der Waals surface area contributed by atoms with Crippen LogP contribution in [0.1, 0.15) is 51.9 Å². The van der Waals surface area contributed by atoms with E-state index in [4.69, 9.17) is 4.74 Å². The summed E-state index contributed by atoms with van der Waals surface area (Å²) in [5.74, 6) is -1.17. The maximum Gasteiger partial charge on any atom is 0.182 e. The van der Waals surface area contributed by atoms with Crippen molar-refractivity contribution < 1.29 is 29.3 Å². The van der Waals surface area contributed by atoms with Crippen molar-refractivity contribution >= 4 is 5.97 Å². The molecule has 0 amide bonds. The molecule has 0 aromatic heterocycles. The molecule has 6 nitrogen and oxygen atoms in total. The summed E-state index contributed by atoms with van der Waals surface area (Å²) in [6, 6.07) is 0. The molecule has 0 bridgehead atoms. The molecule has 0 unspecified atom stereocenters. The van der Waals surface area contributed by atoms with E-state index in [9.17, 15) is 20.1 Å². The molecule has 0 aliphatic carbocycles. The second-order valence-corrected chi connectivity index (χ2v) is 5.57. The Bertz CT molecular complexity index is 256. The molecule has 0 saturated carbocycles. The summed E-state index contributed by atoms with van der Waals surface area (Å²) in [6.07, 6.45) is 7.02. The summed E-state index contributed by atoms with van der Waals surface area (Å²) in [4.78, 5) is 10.5. The van der Waals surface area contributed by atoms with Gasteiger partial charge in [0.1, 0.15) is 6.54 Å². The first-order chi connectivity index (χ1) is 10.1. The molecule has 0 atom stereocenters. The molecule has 0 aliphatic heterocycles. The maximum atomic E-state index is 10.5. The molecule has 0 radical (unpaired) electrons. The number of unbranched alkanes of at least 4 members (excludes halogenated alkanes) is 5. The molecule has 0 aromatic carbocycles. The molecule has 126 valence electrons. The Hall–Kier alpha value is -0.690. The SMILES string of the molecule is CCCCCCCCOCC[N+](CO)(CO)CCC(=O)[O-]. The fraction of sp³-hybridized carbons (Fsp3) is 0.933. The second kappa shape index (κ2) is 13.0. The lowest BCUT2D eigenvalue weighted by atomic mass is 10.1. The number of nitrogens with zero attached hydrogens (tertiary/aromatic N) is 1. The number of carboxylic acids is 1. The van der Waals surface area contributed by atoms with Crippen molar-refractivity contribution in [3.8, 4) is 0 Å². The van der Waals surface area contributed by atoms with Gasteiger partial charge in [-0.25, -0.2) is 0 Å². The predicted molar refractivity (Wildman–Crippen MR) is 78.0 cm³/mol. The lowest BCUT2D eigenvalue weighted by Crippen LogP contribution is -2.53. The summed E-state index contributed by atoms with van der Waals surface area (Å²) in [6.45, 7) is 3.21. The minimum Gasteiger partial charge on any atom is -0.550 e. The van der Waals surface area contributed by atoms with Gasteiger partial charge in [0, 0.05) is 19.0 Å². The van der Waals surface area contributed by atoms with Crippen molar-refractivity contribution in [1.82, 2.24) is 0 Å². The van der Waals surface area contributed by atoms with Gasteiger partial charge in [0.15, 0.2) is 13.5 Å². The number of carbonyl (C=O) groups excluding carboxylic acids is 1. The highest BCUT2D eigenvalue weighted by molar-refractivity contribution is 5.64. The zero-order chi connectivity index (χ0) is 16.0. The minimum absolute atomic E-state index is 0.0789. The van der Waals surface area contributed by atoms with Gasteiger partial charge in [0.25, 0.3) is 0 Å². The first kappa shape index (κ1) is 20.3. The Morgan fingerprint density at radius 2 is 1.62 bits per heavy atom. The molecule has 0 spiro atoms. The summed E-state index contributed by atoms with van der Waals surface area (Å²) in [5, 5.41) is 29.2. The number of hydrogen-bond donors (Lipinski definition) is 2. The van der Waals surface area contributed by atoms with Gasteiger partial charge in [-0.3, -0.25) is 4.48 Å². The van der Waals surface area contributed by atoms with Gasteiger partial charge in [0.05, 0.1) is 13.2 Å². The minimum atomic E-state index is -1.17. The Kier molecular flexibility index (Phi) is 12.6. The van der Waals surface area contributed by atoms with Crippen molar-refractivity contribution in [2.75, 3.05) is 39.8 Å². The molecule has 2 N–H and O–H groups in total. The van der Waals surface area contributed by atoms with Crippen LogP contribution in [0.3, 0.4) is 0 Å². The summed E-state index contributed by atoms with van der Waals surface area (Å²) in [5.41, 5.74) is 0. The van der Waals surface area contributed by atoms with Crippen molar-refractivity contribution in [1.29, 1.82) is 0 Å². The Labute approximate surface area is 127 Å². The van der Waals surface area contributed by atoms with Gasteiger partial charge < -0.3 is 24.9 Å². The molecular weight excluding hydrogens is 274 g/mol. The monoisotopic (exact) mass is 305 g/mol. The zero-order valence-electron chi connectivity index (χ0n) is 13.3. The molecule has 6 heteroatoms. The number of carboxylic acid groups (broad SMARTS) is 1. The van der Waals surface area contributed by atoms with E-state index in [1.165, 1.54) is 25.7 Å². The van der Waals surface area contributed by atoms with Crippen molar-refractivity contribution in [3.63, 3.8) is 0 Å². The molecule has 0 heterocycles. The number of aliphatic hydroxyl groups excluding tert-OH is 2. The van der Waals surface area contributed by atoms with Gasteiger partial charge in [0.2, 0.25) is 0 Å². The third-order valence-corrected chi connectivity index (χ3v) is 3.74. The fourth-order valence-corrected chi connectivity index (χ4v) is 2.11. The highest BCUT2D eigenvalue weighted by atomic mass is 16.5. The van der Waals surface area contributed by atoms with Crippen molar-refractivity contribution in [2.45, 2.75) is 51.9 Å². The summed E-state index contributed by atoms with van der Waals surface area (Å²) >= 11 is 0. The largest absolute Gasteiger partial charge is 0.550 e. The van der Waals surface area contributed by atoms with Crippen molar-refractivity contribution in [3.05, 3.63) is 0 Å². The van der Waals surface area contributed by atoms with Crippen LogP contribution in [0.4, 0.5) is 0 Å². The maximum absolute atomic E-state index is 10.5. The van der Waals surface area contributed by atoms with Crippen LogP contribution in [-0.4, -0.2) is 60.4 Å². The third-order valence-electron chi connectivity index (χ3n) is 3.74. The lowest BCUT2D eigenvalue weighted by Gasteiger charge is -2.34. The number of aliphatic carboxylic acids is 1. The van der Waals surface area contributed by atoms with E-state index in [-0.39, 0.29) is 30.9 Å². The van der Waals surface area contributed by atoms with Crippen LogP contribution >= 0.6 is 0 Å². The number of carbonyl (C=O) groups is 1. The van der Waals surface area contributed by atoms with Crippen LogP contribution in [0.5, 0.6) is 0 Å². The second-order valence-electron chi connectivity index (χ2n) is 5.57. The number of rotatable bonds is 15. The predicted octanol–water partition coefficient (Wildman–Crippen LogP) is 0.220. The Morgan fingerprint density at radius 1 is 1.00 bits per heavy atom. The molecule has 0 rings (SSSR count). The lowest BCUT2D eigenvalue weighted by molar-refractivity contribution is -0.961. The Morgan fingerprint density at radius 3 is 2.19 bits per heavy atom. The molecular formula is C15H31NO5. The fourth-order valence-electron chi connectivity index (χ4n) is 2.11. The van der Waals surface area contributed by atoms with Gasteiger partial charge in [-0.05, 0) is 6.42 Å². The summed E-state index contributed by atoms with van der Waals surface area (Å²) in [7, 11) is 0. The van der Waals surface area contributed by atoms with Crippen LogP contribution in [0.15, 0.2) is 0 Å². The van der Waals surface area contributed by atoms with Gasteiger partial charge >= 0.3 is 0 Å². The first-order valence-corrected chi connectivity index (χ1v) is 7.94. The van der Waals surface area contributed by atoms with Crippen LogP contribution in [-0.2, 0) is 9.53 Å². The van der Waals surface area contributed by atoms with Crippen LogP contribution in [0, 0.1) is 0 Å². The highest BCUT2D eigenvalue weighted by Gasteiger charge is 2.24. The molecule has 21 heavy (non-hydrogen) atoms. The van der Waals surface area contributed by atoms with E-state index < -0.39 is 5.97 Å². The number of quaternary nitrogens is 1. The first-order valence-electron chi connectivity index (χ1n) is 7.94. The molecule has 0 fully saturated rings. The topological polar surface area (TPSA) is 89.8 Å². The molecule has 0 saturated heterocycles. The van der Waals surface area contributed by atoms with Crippen molar-refractivity contribution in [2.24, 2.45) is 0 Å². The van der Waals surface area contributed by atoms with E-state index in [2.05, 4.69) is 6.92 Å². The average molecular weight is 305 g/mol. The zero-order valence-corrected chi connectivity index (χ0v) is 13.3. The normalized spacial score (nSPS) is 11.8. The van der Waals surface area contributed by atoms with E-state index in [0.717, 1.165) is 12.8 Å². The Balaban J connectivity index is 3.71. The summed E-state index contributed by atoms with van der Waals surface area (Å²) < 4.78 is 5.43. The van der Waals surface area contributed by atoms with E-state index in [1.807, 2.05) is 0 Å². The number of ether oxygens (including phenoxy) is 1. The molecule has 0 aromatic rings. The van der Waals surface area contributed by atoms with Gasteiger partial charge in [-0.2, -0.15) is 0 Å². The third kappa shape index (κ3) is 10.6. The van der Waals surface area contributed by atoms with Gasteiger partial charge in [-0.15, -0.1) is 0 Å². The smallest absolute Gasteiger partial charge is 0.182 e. The van der Waals surface area contributed by atoms with E-state index in [1.54, 1.807) is 0 Å². The average Bonchev–Trinajstić information content (AvgIpc) is 2.49. The van der Waals surface area contributed by atoms with Crippen LogP contribution in [0.25, 0.3) is 0 Å². The van der Waals surface area contributed by atoms with E-state index in [0.29, 0.717) is 19.8 Å². The number of hydrogen-bond acceptors (Lipinski definition) is 5. The quantitative estimate of drug-likeness (QED) is 0.257. The van der Waals surface area contributed by atoms with Gasteiger partial charge in [-0.1, -0.05) is 39.0 Å². The molecule has 0 aliphatic rings. The van der Waals surface area contributed by atoms with Crippen LogP contribution in [0.2, 0.25) is 0 Å². The van der Waals surface area contributed by atoms with E-state index >= 15 is 0 Å². The number of aliphatic hydroxyl groups is 2. The van der Waals surface area contributed by atoms with Crippen LogP contribution < -0.4 is 5.11 Å².